The molecule has 6 heteroatoms. The molecular weight excluding hydrogens is 392 g/mol. The molecule has 0 bridgehead atoms. The van der Waals surface area contributed by atoms with E-state index in [1.165, 1.54) is 5.56 Å². The molecule has 2 aromatic heterocycles. The lowest BCUT2D eigenvalue weighted by Crippen LogP contribution is -2.36. The van der Waals surface area contributed by atoms with E-state index in [-0.39, 0.29) is 5.91 Å². The molecule has 0 N–H and O–H groups in total. The molecule has 3 heterocycles. The average Bonchev–Trinajstić information content (AvgIpc) is 3.37. The fourth-order valence-electron chi connectivity index (χ4n) is 4.26. The first kappa shape index (κ1) is 21.1. The molecule has 164 valence electrons. The Bertz CT molecular complexity index is 1070. The van der Waals surface area contributed by atoms with E-state index in [9.17, 15) is 4.79 Å². The molecule has 1 aliphatic heterocycles. The van der Waals surface area contributed by atoms with Gasteiger partial charge in [0.15, 0.2) is 11.5 Å². The molecule has 3 aromatic rings. The number of aryl methyl sites for hydroxylation is 1. The molecule has 0 unspecified atom stereocenters. The summed E-state index contributed by atoms with van der Waals surface area (Å²) in [5.74, 6) is 2.47. The zero-order valence-corrected chi connectivity index (χ0v) is 18.7. The number of carbonyl (C=O) groups is 1. The summed E-state index contributed by atoms with van der Waals surface area (Å²) >= 11 is 0. The highest BCUT2D eigenvalue weighted by Crippen LogP contribution is 2.34. The smallest absolute Gasteiger partial charge is 0.255 e. The predicted molar refractivity (Wildman–Crippen MR) is 119 cm³/mol. The number of rotatable bonds is 7. The summed E-state index contributed by atoms with van der Waals surface area (Å²) in [7, 11) is 0. The van der Waals surface area contributed by atoms with Crippen LogP contribution in [0.3, 0.4) is 0 Å². The molecule has 1 aromatic carbocycles. The van der Waals surface area contributed by atoms with E-state index in [4.69, 9.17) is 13.9 Å². The van der Waals surface area contributed by atoms with Crippen molar-refractivity contribution in [2.24, 2.45) is 0 Å². The van der Waals surface area contributed by atoms with Gasteiger partial charge in [0.05, 0.1) is 31.6 Å². The second-order valence-electron chi connectivity index (χ2n) is 7.86. The maximum atomic E-state index is 13.4. The van der Waals surface area contributed by atoms with Crippen LogP contribution in [0.2, 0.25) is 0 Å². The van der Waals surface area contributed by atoms with Crippen LogP contribution in [0.5, 0.6) is 11.5 Å². The number of hydrogen-bond donors (Lipinski definition) is 0. The molecule has 0 radical (unpaired) electrons. The minimum absolute atomic E-state index is 0.0660. The number of furan rings is 1. The fraction of sp³-hybridized carbons (Fsp3) is 0.400. The van der Waals surface area contributed by atoms with Gasteiger partial charge in [-0.1, -0.05) is 0 Å². The zero-order chi connectivity index (χ0) is 22.0. The third-order valence-corrected chi connectivity index (χ3v) is 5.86. The number of ether oxygens (including phenoxy) is 2. The lowest BCUT2D eigenvalue weighted by Gasteiger charge is -2.30. The van der Waals surface area contributed by atoms with Crippen LogP contribution in [-0.2, 0) is 19.5 Å². The summed E-state index contributed by atoms with van der Waals surface area (Å²) in [5, 5.41) is 0. The molecule has 0 fully saturated rings. The highest BCUT2D eigenvalue weighted by molar-refractivity contribution is 5.96. The molecular formula is C25H30N2O4. The Hall–Kier alpha value is -3.15. The Labute approximate surface area is 183 Å². The van der Waals surface area contributed by atoms with E-state index in [2.05, 4.69) is 10.6 Å². The van der Waals surface area contributed by atoms with Gasteiger partial charge in [0, 0.05) is 24.5 Å². The molecule has 0 saturated carbocycles. The van der Waals surface area contributed by atoms with E-state index >= 15 is 0 Å². The normalized spacial score (nSPS) is 13.2. The molecule has 6 nitrogen and oxygen atoms in total. The van der Waals surface area contributed by atoms with Gasteiger partial charge in [-0.3, -0.25) is 4.79 Å². The van der Waals surface area contributed by atoms with Crippen LogP contribution >= 0.6 is 0 Å². The number of benzene rings is 1. The lowest BCUT2D eigenvalue weighted by molar-refractivity contribution is 0.0733. The number of carbonyl (C=O) groups excluding carboxylic acids is 1. The van der Waals surface area contributed by atoms with Gasteiger partial charge in [0.1, 0.15) is 5.76 Å². The molecule has 0 saturated heterocycles. The van der Waals surface area contributed by atoms with Gasteiger partial charge in [-0.05, 0) is 75.6 Å². The maximum absolute atomic E-state index is 13.4. The Morgan fingerprint density at radius 1 is 1.06 bits per heavy atom. The summed E-state index contributed by atoms with van der Waals surface area (Å²) in [4.78, 5) is 15.3. The number of hydrogen-bond acceptors (Lipinski definition) is 4. The standard InChI is InChI=1S/C25H30N2O4/c1-5-29-23-13-19-9-10-26(15-20(19)14-24(23)30-6-2)25(28)22-12-17(3)27(18(22)4)16-21-8-7-11-31-21/h7-8,11-14H,5-6,9-10,15-16H2,1-4H3. The van der Waals surface area contributed by atoms with Crippen molar-refractivity contribution < 1.29 is 18.7 Å². The highest BCUT2D eigenvalue weighted by Gasteiger charge is 2.26. The summed E-state index contributed by atoms with van der Waals surface area (Å²) in [6.07, 6.45) is 2.48. The Balaban J connectivity index is 1.57. The molecule has 31 heavy (non-hydrogen) atoms. The van der Waals surface area contributed by atoms with E-state index in [1.807, 2.05) is 56.9 Å². The van der Waals surface area contributed by atoms with Gasteiger partial charge in [-0.2, -0.15) is 0 Å². The van der Waals surface area contributed by atoms with E-state index in [1.54, 1.807) is 6.26 Å². The van der Waals surface area contributed by atoms with Crippen LogP contribution in [0.15, 0.2) is 41.0 Å². The van der Waals surface area contributed by atoms with Gasteiger partial charge >= 0.3 is 0 Å². The predicted octanol–water partition coefficient (Wildman–Crippen LogP) is 4.74. The van der Waals surface area contributed by atoms with Crippen LogP contribution in [0.25, 0.3) is 0 Å². The minimum atomic E-state index is 0.0660. The Morgan fingerprint density at radius 2 is 1.77 bits per heavy atom. The Morgan fingerprint density at radius 3 is 2.42 bits per heavy atom. The van der Waals surface area contributed by atoms with E-state index < -0.39 is 0 Å². The van der Waals surface area contributed by atoms with Crippen molar-refractivity contribution in [1.82, 2.24) is 9.47 Å². The average molecular weight is 423 g/mol. The van der Waals surface area contributed by atoms with Crippen molar-refractivity contribution in [2.45, 2.75) is 47.2 Å². The molecule has 0 aliphatic carbocycles. The van der Waals surface area contributed by atoms with E-state index in [0.717, 1.165) is 46.2 Å². The largest absolute Gasteiger partial charge is 0.490 e. The van der Waals surface area contributed by atoms with E-state index in [0.29, 0.717) is 32.8 Å². The summed E-state index contributed by atoms with van der Waals surface area (Å²) in [6, 6.07) is 9.92. The fourth-order valence-corrected chi connectivity index (χ4v) is 4.26. The lowest BCUT2D eigenvalue weighted by atomic mass is 9.98. The topological polar surface area (TPSA) is 56.8 Å². The van der Waals surface area contributed by atoms with Gasteiger partial charge < -0.3 is 23.4 Å². The first-order valence-corrected chi connectivity index (χ1v) is 10.9. The quantitative estimate of drug-likeness (QED) is 0.552. The molecule has 1 aliphatic rings. The van der Waals surface area contributed by atoms with Crippen LogP contribution in [0.4, 0.5) is 0 Å². The van der Waals surface area contributed by atoms with Crippen molar-refractivity contribution in [2.75, 3.05) is 19.8 Å². The second-order valence-corrected chi connectivity index (χ2v) is 7.86. The molecule has 0 spiro atoms. The SMILES string of the molecule is CCOc1cc2c(cc1OCC)CN(C(=O)c1cc(C)n(Cc3ccco3)c1C)CC2. The monoisotopic (exact) mass is 422 g/mol. The summed E-state index contributed by atoms with van der Waals surface area (Å²) < 4.78 is 19.2. The maximum Gasteiger partial charge on any atom is 0.255 e. The summed E-state index contributed by atoms with van der Waals surface area (Å²) in [5.41, 5.74) is 5.11. The second kappa shape index (κ2) is 8.92. The van der Waals surface area contributed by atoms with Crippen LogP contribution in [0.1, 0.15) is 52.5 Å². The molecule has 0 atom stereocenters. The number of nitrogens with zero attached hydrogens (tertiary/aromatic N) is 2. The van der Waals surface area contributed by atoms with Gasteiger partial charge in [0.25, 0.3) is 5.91 Å². The third-order valence-electron chi connectivity index (χ3n) is 5.86. The Kier molecular flexibility index (Phi) is 6.07. The number of aromatic nitrogens is 1. The summed E-state index contributed by atoms with van der Waals surface area (Å²) in [6.45, 7) is 11.0. The van der Waals surface area contributed by atoms with Crippen molar-refractivity contribution in [1.29, 1.82) is 0 Å². The zero-order valence-electron chi connectivity index (χ0n) is 18.7. The third kappa shape index (κ3) is 4.20. The van der Waals surface area contributed by atoms with Crippen molar-refractivity contribution in [3.63, 3.8) is 0 Å². The highest BCUT2D eigenvalue weighted by atomic mass is 16.5. The van der Waals surface area contributed by atoms with Crippen molar-refractivity contribution >= 4 is 5.91 Å². The molecule has 4 rings (SSSR count). The number of amides is 1. The minimum Gasteiger partial charge on any atom is -0.490 e. The van der Waals surface area contributed by atoms with Gasteiger partial charge in [-0.25, -0.2) is 0 Å². The first-order chi connectivity index (χ1) is 15.0. The van der Waals surface area contributed by atoms with Crippen LogP contribution < -0.4 is 9.47 Å². The van der Waals surface area contributed by atoms with Crippen LogP contribution in [0, 0.1) is 13.8 Å². The van der Waals surface area contributed by atoms with Gasteiger partial charge in [0.2, 0.25) is 0 Å². The van der Waals surface area contributed by atoms with Crippen LogP contribution in [-0.4, -0.2) is 35.1 Å². The van der Waals surface area contributed by atoms with Crippen molar-refractivity contribution in [3.05, 3.63) is 70.4 Å². The van der Waals surface area contributed by atoms with Gasteiger partial charge in [-0.15, -0.1) is 0 Å². The molecule has 1 amide bonds. The number of fused-ring (bicyclic) bond motifs is 1. The first-order valence-electron chi connectivity index (χ1n) is 10.9. The van der Waals surface area contributed by atoms with Crippen molar-refractivity contribution in [3.8, 4) is 11.5 Å².